The molecule has 1 unspecified atom stereocenters. The number of fused-ring (bicyclic) bond motifs is 1. The molecule has 1 aliphatic heterocycles. The van der Waals surface area contributed by atoms with E-state index in [1.165, 1.54) is 23.1 Å². The Labute approximate surface area is 156 Å². The number of rotatable bonds is 5. The van der Waals surface area contributed by atoms with Crippen molar-refractivity contribution in [1.82, 2.24) is 9.47 Å². The molecule has 1 aliphatic rings. The molecule has 1 saturated heterocycles. The zero-order valence-electron chi connectivity index (χ0n) is 15.3. The molecule has 0 radical (unpaired) electrons. The second-order valence-corrected chi connectivity index (χ2v) is 6.98. The number of amides is 1. The van der Waals surface area contributed by atoms with Crippen molar-refractivity contribution in [2.75, 3.05) is 13.1 Å². The molecule has 1 amide bonds. The first kappa shape index (κ1) is 19.8. The number of piperidine rings is 1. The van der Waals surface area contributed by atoms with Crippen LogP contribution in [-0.4, -0.2) is 34.5 Å². The molecular formula is C20H30ClN3O. The maximum absolute atomic E-state index is 12.7. The van der Waals surface area contributed by atoms with Crippen LogP contribution >= 0.6 is 12.4 Å². The normalized spacial score (nSPS) is 15.9. The van der Waals surface area contributed by atoms with Gasteiger partial charge in [-0.15, -0.1) is 12.4 Å². The van der Waals surface area contributed by atoms with Gasteiger partial charge < -0.3 is 15.2 Å². The summed E-state index contributed by atoms with van der Waals surface area (Å²) < 4.78 is 2.18. The van der Waals surface area contributed by atoms with Crippen molar-refractivity contribution in [2.24, 2.45) is 5.73 Å². The highest BCUT2D eigenvalue weighted by Crippen LogP contribution is 2.27. The second kappa shape index (κ2) is 8.72. The summed E-state index contributed by atoms with van der Waals surface area (Å²) in [6, 6.07) is 8.56. The average molecular weight is 364 g/mol. The van der Waals surface area contributed by atoms with Gasteiger partial charge >= 0.3 is 0 Å². The molecule has 0 spiro atoms. The van der Waals surface area contributed by atoms with Crippen LogP contribution in [0.1, 0.15) is 43.9 Å². The molecule has 1 aromatic heterocycles. The minimum absolute atomic E-state index is 0. The van der Waals surface area contributed by atoms with E-state index in [1.54, 1.807) is 0 Å². The van der Waals surface area contributed by atoms with Crippen molar-refractivity contribution in [3.8, 4) is 0 Å². The van der Waals surface area contributed by atoms with Gasteiger partial charge in [-0.1, -0.05) is 25.1 Å². The van der Waals surface area contributed by atoms with Gasteiger partial charge in [0.2, 0.25) is 5.91 Å². The number of nitrogens with zero attached hydrogens (tertiary/aromatic N) is 2. The Morgan fingerprint density at radius 1 is 1.20 bits per heavy atom. The number of aromatic nitrogens is 1. The standard InChI is InChI=1S/C20H29N3O.ClH/c1-3-16(21)13-18-15(2)23(19-10-6-5-9-17(18)19)14-20(24)22-11-7-4-8-12-22;/h5-6,9-10,16H,3-4,7-8,11-14,21H2,1-2H3;1H. The quantitative estimate of drug-likeness (QED) is 0.881. The van der Waals surface area contributed by atoms with E-state index >= 15 is 0 Å². The van der Waals surface area contributed by atoms with Crippen molar-refractivity contribution in [1.29, 1.82) is 0 Å². The van der Waals surface area contributed by atoms with Crippen LogP contribution in [0.3, 0.4) is 0 Å². The van der Waals surface area contributed by atoms with E-state index in [-0.39, 0.29) is 24.4 Å². The van der Waals surface area contributed by atoms with Crippen molar-refractivity contribution in [3.05, 3.63) is 35.5 Å². The number of nitrogens with two attached hydrogens (primary N) is 1. The van der Waals surface area contributed by atoms with E-state index < -0.39 is 0 Å². The van der Waals surface area contributed by atoms with Crippen molar-refractivity contribution >= 4 is 29.2 Å². The molecule has 1 atom stereocenters. The van der Waals surface area contributed by atoms with Crippen LogP contribution in [0.4, 0.5) is 0 Å². The number of halogens is 1. The van der Waals surface area contributed by atoms with Crippen LogP contribution in [0, 0.1) is 6.92 Å². The van der Waals surface area contributed by atoms with E-state index in [0.29, 0.717) is 6.54 Å². The van der Waals surface area contributed by atoms with E-state index in [4.69, 9.17) is 5.73 Å². The molecule has 4 nitrogen and oxygen atoms in total. The molecule has 0 saturated carbocycles. The van der Waals surface area contributed by atoms with Gasteiger partial charge in [0, 0.05) is 35.7 Å². The summed E-state index contributed by atoms with van der Waals surface area (Å²) in [6.45, 7) is 6.50. The summed E-state index contributed by atoms with van der Waals surface area (Å²) in [5.74, 6) is 0.241. The first-order chi connectivity index (χ1) is 11.6. The molecule has 2 aromatic rings. The van der Waals surface area contributed by atoms with Gasteiger partial charge in [-0.25, -0.2) is 0 Å². The zero-order chi connectivity index (χ0) is 17.1. The van der Waals surface area contributed by atoms with Crippen molar-refractivity contribution in [2.45, 2.75) is 58.5 Å². The van der Waals surface area contributed by atoms with Crippen LogP contribution in [-0.2, 0) is 17.8 Å². The van der Waals surface area contributed by atoms with Crippen LogP contribution in [0.2, 0.25) is 0 Å². The topological polar surface area (TPSA) is 51.3 Å². The van der Waals surface area contributed by atoms with E-state index in [1.807, 2.05) is 11.0 Å². The Morgan fingerprint density at radius 2 is 1.88 bits per heavy atom. The maximum atomic E-state index is 12.7. The largest absolute Gasteiger partial charge is 0.341 e. The molecule has 1 fully saturated rings. The highest BCUT2D eigenvalue weighted by molar-refractivity contribution is 5.87. The third-order valence-electron chi connectivity index (χ3n) is 5.35. The molecule has 138 valence electrons. The lowest BCUT2D eigenvalue weighted by molar-refractivity contribution is -0.132. The minimum atomic E-state index is 0. The number of hydrogen-bond acceptors (Lipinski definition) is 2. The first-order valence-electron chi connectivity index (χ1n) is 9.22. The molecule has 0 bridgehead atoms. The van der Waals surface area contributed by atoms with E-state index in [9.17, 15) is 4.79 Å². The zero-order valence-corrected chi connectivity index (χ0v) is 16.1. The Balaban J connectivity index is 0.00000225. The molecule has 2 N–H and O–H groups in total. The molecule has 0 aliphatic carbocycles. The lowest BCUT2D eigenvalue weighted by Crippen LogP contribution is -2.37. The van der Waals surface area contributed by atoms with Crippen LogP contribution < -0.4 is 5.73 Å². The fourth-order valence-corrected chi connectivity index (χ4v) is 3.75. The summed E-state index contributed by atoms with van der Waals surface area (Å²) in [5.41, 5.74) is 9.84. The van der Waals surface area contributed by atoms with Gasteiger partial charge in [0.15, 0.2) is 0 Å². The Morgan fingerprint density at radius 3 is 2.56 bits per heavy atom. The lowest BCUT2D eigenvalue weighted by Gasteiger charge is -2.27. The van der Waals surface area contributed by atoms with Crippen LogP contribution in [0.5, 0.6) is 0 Å². The summed E-state index contributed by atoms with van der Waals surface area (Å²) in [7, 11) is 0. The molecule has 2 heterocycles. The van der Waals surface area contributed by atoms with Gasteiger partial charge in [-0.3, -0.25) is 4.79 Å². The van der Waals surface area contributed by atoms with Crippen LogP contribution in [0.25, 0.3) is 10.9 Å². The highest BCUT2D eigenvalue weighted by atomic mass is 35.5. The van der Waals surface area contributed by atoms with Gasteiger partial charge in [-0.05, 0) is 50.7 Å². The van der Waals surface area contributed by atoms with Crippen molar-refractivity contribution < 1.29 is 4.79 Å². The summed E-state index contributed by atoms with van der Waals surface area (Å²) in [5, 5.41) is 1.24. The molecule has 1 aromatic carbocycles. The van der Waals surface area contributed by atoms with Gasteiger partial charge in [-0.2, -0.15) is 0 Å². The predicted octanol–water partition coefficient (Wildman–Crippen LogP) is 3.66. The molecule has 3 rings (SSSR count). The highest BCUT2D eigenvalue weighted by Gasteiger charge is 2.21. The molecular weight excluding hydrogens is 334 g/mol. The Hall–Kier alpha value is -1.52. The van der Waals surface area contributed by atoms with Crippen LogP contribution in [0.15, 0.2) is 24.3 Å². The number of likely N-dealkylation sites (tertiary alicyclic amines) is 1. The number of carbonyl (C=O) groups excluding carboxylic acids is 1. The predicted molar refractivity (Wildman–Crippen MR) is 106 cm³/mol. The first-order valence-corrected chi connectivity index (χ1v) is 9.22. The summed E-state index contributed by atoms with van der Waals surface area (Å²) in [4.78, 5) is 14.8. The number of para-hydroxylation sites is 1. The average Bonchev–Trinajstić information content (AvgIpc) is 2.88. The maximum Gasteiger partial charge on any atom is 0.242 e. The van der Waals surface area contributed by atoms with E-state index in [2.05, 4.69) is 36.6 Å². The number of carbonyl (C=O) groups is 1. The lowest BCUT2D eigenvalue weighted by atomic mass is 10.0. The molecule has 25 heavy (non-hydrogen) atoms. The van der Waals surface area contributed by atoms with Gasteiger partial charge in [0.05, 0.1) is 0 Å². The molecule has 5 heteroatoms. The smallest absolute Gasteiger partial charge is 0.242 e. The van der Waals surface area contributed by atoms with Crippen molar-refractivity contribution in [3.63, 3.8) is 0 Å². The second-order valence-electron chi connectivity index (χ2n) is 6.98. The SMILES string of the molecule is CCC(N)Cc1c(C)n(CC(=O)N2CCCCC2)c2ccccc12.Cl. The number of hydrogen-bond donors (Lipinski definition) is 1. The third-order valence-corrected chi connectivity index (χ3v) is 5.35. The fourth-order valence-electron chi connectivity index (χ4n) is 3.75. The van der Waals surface area contributed by atoms with E-state index in [0.717, 1.165) is 44.3 Å². The third kappa shape index (κ3) is 4.18. The fraction of sp³-hybridized carbons (Fsp3) is 0.550. The summed E-state index contributed by atoms with van der Waals surface area (Å²) >= 11 is 0. The van der Waals surface area contributed by atoms with Gasteiger partial charge in [0.1, 0.15) is 6.54 Å². The minimum Gasteiger partial charge on any atom is -0.341 e. The monoisotopic (exact) mass is 363 g/mol. The number of benzene rings is 1. The Kier molecular flexibility index (Phi) is 6.91. The summed E-state index contributed by atoms with van der Waals surface area (Å²) in [6.07, 6.45) is 5.34. The Bertz CT molecular complexity index is 719. The van der Waals surface area contributed by atoms with Gasteiger partial charge in [0.25, 0.3) is 0 Å².